The monoisotopic (exact) mass is 285 g/mol. The molecule has 4 nitrogen and oxygen atoms in total. The van der Waals surface area contributed by atoms with Gasteiger partial charge in [-0.05, 0) is 43.4 Å². The SMILES string of the molecule is Cc1oc(C(=O)O)cc1CNC1CCCc2ccccc21. The van der Waals surface area contributed by atoms with Crippen LogP contribution in [0.3, 0.4) is 0 Å². The predicted octanol–water partition coefficient (Wildman–Crippen LogP) is 3.45. The van der Waals surface area contributed by atoms with Gasteiger partial charge in [0.15, 0.2) is 0 Å². The molecular weight excluding hydrogens is 266 g/mol. The fourth-order valence-corrected chi connectivity index (χ4v) is 3.00. The summed E-state index contributed by atoms with van der Waals surface area (Å²) in [6.45, 7) is 2.43. The first-order chi connectivity index (χ1) is 10.1. The summed E-state index contributed by atoms with van der Waals surface area (Å²) in [5.41, 5.74) is 3.69. The maximum Gasteiger partial charge on any atom is 0.371 e. The quantitative estimate of drug-likeness (QED) is 0.903. The van der Waals surface area contributed by atoms with Crippen LogP contribution in [-0.2, 0) is 13.0 Å². The van der Waals surface area contributed by atoms with E-state index in [0.717, 1.165) is 18.4 Å². The van der Waals surface area contributed by atoms with Gasteiger partial charge in [0.05, 0.1) is 0 Å². The lowest BCUT2D eigenvalue weighted by Gasteiger charge is -2.26. The van der Waals surface area contributed by atoms with Gasteiger partial charge in [-0.2, -0.15) is 0 Å². The van der Waals surface area contributed by atoms with Gasteiger partial charge in [-0.3, -0.25) is 0 Å². The maximum atomic E-state index is 10.9. The molecule has 1 unspecified atom stereocenters. The summed E-state index contributed by atoms with van der Waals surface area (Å²) in [4.78, 5) is 10.9. The van der Waals surface area contributed by atoms with Crippen LogP contribution >= 0.6 is 0 Å². The number of fused-ring (bicyclic) bond motifs is 1. The largest absolute Gasteiger partial charge is 0.475 e. The number of hydrogen-bond acceptors (Lipinski definition) is 3. The van der Waals surface area contributed by atoms with E-state index in [-0.39, 0.29) is 5.76 Å². The topological polar surface area (TPSA) is 62.5 Å². The van der Waals surface area contributed by atoms with Crippen molar-refractivity contribution in [2.45, 2.75) is 38.8 Å². The van der Waals surface area contributed by atoms with Crippen LogP contribution in [0, 0.1) is 6.92 Å². The van der Waals surface area contributed by atoms with Gasteiger partial charge >= 0.3 is 5.97 Å². The second-order valence-electron chi connectivity index (χ2n) is 5.52. The Morgan fingerprint density at radius 1 is 1.43 bits per heavy atom. The van der Waals surface area contributed by atoms with Crippen molar-refractivity contribution >= 4 is 5.97 Å². The first-order valence-corrected chi connectivity index (χ1v) is 7.29. The lowest BCUT2D eigenvalue weighted by Crippen LogP contribution is -2.24. The molecule has 1 aliphatic rings. The van der Waals surface area contributed by atoms with E-state index in [2.05, 4.69) is 29.6 Å². The smallest absolute Gasteiger partial charge is 0.371 e. The van der Waals surface area contributed by atoms with Crippen LogP contribution in [0.2, 0.25) is 0 Å². The van der Waals surface area contributed by atoms with Crippen molar-refractivity contribution in [2.24, 2.45) is 0 Å². The Morgan fingerprint density at radius 2 is 2.24 bits per heavy atom. The molecule has 1 aromatic heterocycles. The van der Waals surface area contributed by atoms with Crippen LogP contribution in [0.1, 0.15) is 51.9 Å². The zero-order valence-electron chi connectivity index (χ0n) is 12.1. The minimum absolute atomic E-state index is 0.00773. The number of carboxylic acids is 1. The van der Waals surface area contributed by atoms with Crippen LogP contribution in [0.5, 0.6) is 0 Å². The number of furan rings is 1. The van der Waals surface area contributed by atoms with E-state index >= 15 is 0 Å². The van der Waals surface area contributed by atoms with Crippen molar-refractivity contribution in [2.75, 3.05) is 0 Å². The summed E-state index contributed by atoms with van der Waals surface area (Å²) in [7, 11) is 0. The van der Waals surface area contributed by atoms with Crippen molar-refractivity contribution in [3.05, 3.63) is 58.5 Å². The molecular formula is C17H19NO3. The Balaban J connectivity index is 1.73. The molecule has 1 aromatic carbocycles. The molecule has 2 N–H and O–H groups in total. The number of carboxylic acid groups (broad SMARTS) is 1. The molecule has 0 saturated heterocycles. The minimum Gasteiger partial charge on any atom is -0.475 e. The highest BCUT2D eigenvalue weighted by Gasteiger charge is 2.20. The molecule has 0 fully saturated rings. The molecule has 0 aliphatic heterocycles. The second-order valence-corrected chi connectivity index (χ2v) is 5.52. The molecule has 1 aliphatic carbocycles. The highest BCUT2D eigenvalue weighted by Crippen LogP contribution is 2.30. The van der Waals surface area contributed by atoms with E-state index in [1.807, 2.05) is 0 Å². The van der Waals surface area contributed by atoms with E-state index in [1.54, 1.807) is 13.0 Å². The number of aryl methyl sites for hydroxylation is 2. The standard InChI is InChI=1S/C17H19NO3/c1-11-13(9-16(21-11)17(19)20)10-18-15-8-4-6-12-5-2-3-7-14(12)15/h2-3,5,7,9,15,18H,4,6,8,10H2,1H3,(H,19,20). The average molecular weight is 285 g/mol. The third-order valence-electron chi connectivity index (χ3n) is 4.14. The fraction of sp³-hybridized carbons (Fsp3) is 0.353. The summed E-state index contributed by atoms with van der Waals surface area (Å²) in [6.07, 6.45) is 3.43. The highest BCUT2D eigenvalue weighted by atomic mass is 16.4. The zero-order valence-corrected chi connectivity index (χ0v) is 12.1. The normalized spacial score (nSPS) is 17.5. The molecule has 4 heteroatoms. The molecule has 0 radical (unpaired) electrons. The Hall–Kier alpha value is -2.07. The molecule has 21 heavy (non-hydrogen) atoms. The van der Waals surface area contributed by atoms with Gasteiger partial charge in [-0.25, -0.2) is 4.79 Å². The molecule has 3 rings (SSSR count). The molecule has 110 valence electrons. The molecule has 0 spiro atoms. The Morgan fingerprint density at radius 3 is 3.00 bits per heavy atom. The second kappa shape index (κ2) is 5.74. The van der Waals surface area contributed by atoms with Gasteiger partial charge in [0.25, 0.3) is 0 Å². The van der Waals surface area contributed by atoms with E-state index in [0.29, 0.717) is 18.3 Å². The van der Waals surface area contributed by atoms with Gasteiger partial charge in [0.1, 0.15) is 5.76 Å². The van der Waals surface area contributed by atoms with Gasteiger partial charge in [-0.1, -0.05) is 24.3 Å². The fourth-order valence-electron chi connectivity index (χ4n) is 3.00. The molecule has 0 amide bonds. The molecule has 2 aromatic rings. The van der Waals surface area contributed by atoms with Crippen LogP contribution < -0.4 is 5.32 Å². The van der Waals surface area contributed by atoms with Crippen molar-refractivity contribution in [3.63, 3.8) is 0 Å². The number of rotatable bonds is 4. The van der Waals surface area contributed by atoms with Crippen molar-refractivity contribution in [1.29, 1.82) is 0 Å². The third-order valence-corrected chi connectivity index (χ3v) is 4.14. The van der Waals surface area contributed by atoms with Gasteiger partial charge in [0.2, 0.25) is 5.76 Å². The van der Waals surface area contributed by atoms with Gasteiger partial charge < -0.3 is 14.8 Å². The molecule has 0 bridgehead atoms. The summed E-state index contributed by atoms with van der Waals surface area (Å²) >= 11 is 0. The Kier molecular flexibility index (Phi) is 3.80. The van der Waals surface area contributed by atoms with Crippen molar-refractivity contribution < 1.29 is 14.3 Å². The summed E-state index contributed by atoms with van der Waals surface area (Å²) in [5, 5.41) is 12.5. The summed E-state index contributed by atoms with van der Waals surface area (Å²) < 4.78 is 5.25. The third kappa shape index (κ3) is 2.85. The highest BCUT2D eigenvalue weighted by molar-refractivity contribution is 5.84. The van der Waals surface area contributed by atoms with Crippen LogP contribution in [0.4, 0.5) is 0 Å². The van der Waals surface area contributed by atoms with Crippen LogP contribution in [0.15, 0.2) is 34.7 Å². The van der Waals surface area contributed by atoms with E-state index in [1.165, 1.54) is 17.5 Å². The number of hydrogen-bond donors (Lipinski definition) is 2. The van der Waals surface area contributed by atoms with Crippen molar-refractivity contribution in [1.82, 2.24) is 5.32 Å². The summed E-state index contributed by atoms with van der Waals surface area (Å²) in [5.74, 6) is -0.343. The molecule has 1 atom stereocenters. The maximum absolute atomic E-state index is 10.9. The lowest BCUT2D eigenvalue weighted by atomic mass is 9.87. The Bertz CT molecular complexity index is 660. The predicted molar refractivity (Wildman–Crippen MR) is 79.4 cm³/mol. The zero-order chi connectivity index (χ0) is 14.8. The first-order valence-electron chi connectivity index (χ1n) is 7.29. The summed E-state index contributed by atoms with van der Waals surface area (Å²) in [6, 6.07) is 10.5. The average Bonchev–Trinajstić information content (AvgIpc) is 2.86. The first kappa shape index (κ1) is 13.9. The number of aromatic carboxylic acids is 1. The number of nitrogens with one attached hydrogen (secondary N) is 1. The van der Waals surface area contributed by atoms with Gasteiger partial charge in [0, 0.05) is 18.2 Å². The Labute approximate surface area is 123 Å². The molecule has 0 saturated carbocycles. The number of carbonyl (C=O) groups is 1. The number of benzene rings is 1. The van der Waals surface area contributed by atoms with E-state index < -0.39 is 5.97 Å². The van der Waals surface area contributed by atoms with E-state index in [9.17, 15) is 4.79 Å². The van der Waals surface area contributed by atoms with E-state index in [4.69, 9.17) is 9.52 Å². The van der Waals surface area contributed by atoms with Gasteiger partial charge in [-0.15, -0.1) is 0 Å². The van der Waals surface area contributed by atoms with Crippen molar-refractivity contribution in [3.8, 4) is 0 Å². The van der Waals surface area contributed by atoms with Crippen LogP contribution in [0.25, 0.3) is 0 Å². The minimum atomic E-state index is -1.02. The lowest BCUT2D eigenvalue weighted by molar-refractivity contribution is 0.0661. The van der Waals surface area contributed by atoms with Crippen LogP contribution in [-0.4, -0.2) is 11.1 Å². The molecule has 1 heterocycles.